The monoisotopic (exact) mass is 355 g/mol. The van der Waals surface area contributed by atoms with Gasteiger partial charge in [-0.3, -0.25) is 9.48 Å². The number of nitrogens with one attached hydrogen (secondary N) is 1. The number of aromatic nitrogens is 2. The Bertz CT molecular complexity index is 731. The van der Waals surface area contributed by atoms with E-state index >= 15 is 0 Å². The van der Waals surface area contributed by atoms with Crippen LogP contribution in [0.15, 0.2) is 30.3 Å². The second kappa shape index (κ2) is 8.49. The summed E-state index contributed by atoms with van der Waals surface area (Å²) in [6.07, 6.45) is 3.87. The Morgan fingerprint density at radius 2 is 1.88 bits per heavy atom. The summed E-state index contributed by atoms with van der Waals surface area (Å²) in [7, 11) is 1.48. The van der Waals surface area contributed by atoms with Gasteiger partial charge in [-0.25, -0.2) is 0 Å². The maximum absolute atomic E-state index is 11.6. The largest absolute Gasteiger partial charge is 0.469 e. The molecule has 1 fully saturated rings. The van der Waals surface area contributed by atoms with Gasteiger partial charge in [0.15, 0.2) is 0 Å². The lowest BCUT2D eigenvalue weighted by Gasteiger charge is -2.27. The zero-order valence-corrected chi connectivity index (χ0v) is 16.0. The van der Waals surface area contributed by atoms with Crippen molar-refractivity contribution in [3.63, 3.8) is 0 Å². The smallest absolute Gasteiger partial charge is 0.308 e. The minimum Gasteiger partial charge on any atom is -0.469 e. The fourth-order valence-corrected chi connectivity index (χ4v) is 3.85. The predicted molar refractivity (Wildman–Crippen MR) is 102 cm³/mol. The van der Waals surface area contributed by atoms with Gasteiger partial charge in [0.2, 0.25) is 0 Å². The molecule has 1 aliphatic rings. The summed E-state index contributed by atoms with van der Waals surface area (Å²) in [5, 5.41) is 8.40. The number of carbonyl (C=O) groups excluding carboxylic acids is 1. The topological polar surface area (TPSA) is 56.1 Å². The van der Waals surface area contributed by atoms with Crippen LogP contribution in [0.1, 0.15) is 48.2 Å². The highest BCUT2D eigenvalue weighted by Gasteiger charge is 2.26. The zero-order valence-electron chi connectivity index (χ0n) is 16.0. The molecule has 0 unspecified atom stereocenters. The van der Waals surface area contributed by atoms with E-state index in [0.29, 0.717) is 6.04 Å². The molecule has 1 heterocycles. The first kappa shape index (κ1) is 18.6. The fraction of sp³-hybridized carbons (Fsp3) is 0.524. The van der Waals surface area contributed by atoms with E-state index in [2.05, 4.69) is 48.1 Å². The van der Waals surface area contributed by atoms with Gasteiger partial charge in [0.05, 0.1) is 25.3 Å². The lowest BCUT2D eigenvalue weighted by Crippen LogP contribution is -2.35. The van der Waals surface area contributed by atoms with E-state index in [-0.39, 0.29) is 11.9 Å². The van der Waals surface area contributed by atoms with Gasteiger partial charge in [0.25, 0.3) is 0 Å². The van der Waals surface area contributed by atoms with Crippen LogP contribution in [0.4, 0.5) is 0 Å². The molecular weight excluding hydrogens is 326 g/mol. The van der Waals surface area contributed by atoms with Crippen LogP contribution in [0.25, 0.3) is 0 Å². The van der Waals surface area contributed by atoms with E-state index in [9.17, 15) is 4.79 Å². The molecule has 1 aliphatic carbocycles. The minimum atomic E-state index is -0.0580. The molecule has 5 nitrogen and oxygen atoms in total. The van der Waals surface area contributed by atoms with Crippen molar-refractivity contribution in [2.45, 2.75) is 58.7 Å². The van der Waals surface area contributed by atoms with Gasteiger partial charge in [0.1, 0.15) is 0 Å². The molecule has 1 N–H and O–H groups in total. The first-order valence-electron chi connectivity index (χ1n) is 9.46. The van der Waals surface area contributed by atoms with Crippen molar-refractivity contribution in [1.29, 1.82) is 0 Å². The summed E-state index contributed by atoms with van der Waals surface area (Å²) < 4.78 is 6.96. The number of rotatable bonds is 6. The molecule has 1 aromatic heterocycles. The molecular formula is C21H29N3O2. The van der Waals surface area contributed by atoms with Crippen LogP contribution in [0, 0.1) is 19.8 Å². The summed E-state index contributed by atoms with van der Waals surface area (Å²) in [5.74, 6) is 0.0208. The lowest BCUT2D eigenvalue weighted by molar-refractivity contribution is -0.146. The van der Waals surface area contributed by atoms with Crippen molar-refractivity contribution in [1.82, 2.24) is 15.1 Å². The highest BCUT2D eigenvalue weighted by molar-refractivity contribution is 5.72. The summed E-state index contributed by atoms with van der Waals surface area (Å²) in [5.41, 5.74) is 4.87. The maximum atomic E-state index is 11.6. The molecule has 0 bridgehead atoms. The normalized spacial score (nSPS) is 20.1. The van der Waals surface area contributed by atoms with Gasteiger partial charge >= 0.3 is 5.97 Å². The van der Waals surface area contributed by atoms with Crippen molar-refractivity contribution in [3.05, 3.63) is 52.8 Å². The Kier molecular flexibility index (Phi) is 6.09. The third kappa shape index (κ3) is 4.33. The molecule has 0 spiro atoms. The molecule has 0 radical (unpaired) electrons. The van der Waals surface area contributed by atoms with Crippen LogP contribution in [0.5, 0.6) is 0 Å². The molecule has 0 atom stereocenters. The van der Waals surface area contributed by atoms with Crippen molar-refractivity contribution in [2.75, 3.05) is 7.11 Å². The van der Waals surface area contributed by atoms with Crippen LogP contribution in [0.3, 0.4) is 0 Å². The molecule has 0 saturated heterocycles. The van der Waals surface area contributed by atoms with Crippen molar-refractivity contribution in [2.24, 2.45) is 5.92 Å². The summed E-state index contributed by atoms with van der Waals surface area (Å²) in [6, 6.07) is 10.9. The maximum Gasteiger partial charge on any atom is 0.308 e. The Morgan fingerprint density at radius 1 is 1.19 bits per heavy atom. The highest BCUT2D eigenvalue weighted by atomic mass is 16.5. The lowest BCUT2D eigenvalue weighted by atomic mass is 9.86. The number of esters is 1. The van der Waals surface area contributed by atoms with E-state index in [1.165, 1.54) is 23.9 Å². The molecule has 3 rings (SSSR count). The van der Waals surface area contributed by atoms with Crippen molar-refractivity contribution < 1.29 is 9.53 Å². The molecule has 2 aromatic rings. The van der Waals surface area contributed by atoms with E-state index in [1.807, 2.05) is 6.07 Å². The number of nitrogens with zero attached hydrogens (tertiary/aromatic N) is 2. The van der Waals surface area contributed by atoms with Crippen LogP contribution >= 0.6 is 0 Å². The Hall–Kier alpha value is -2.14. The van der Waals surface area contributed by atoms with Crippen LogP contribution in [0.2, 0.25) is 0 Å². The van der Waals surface area contributed by atoms with Gasteiger partial charge < -0.3 is 10.1 Å². The summed E-state index contributed by atoms with van der Waals surface area (Å²) in [6.45, 7) is 5.87. The summed E-state index contributed by atoms with van der Waals surface area (Å²) >= 11 is 0. The Morgan fingerprint density at radius 3 is 2.54 bits per heavy atom. The van der Waals surface area contributed by atoms with Gasteiger partial charge in [-0.15, -0.1) is 0 Å². The van der Waals surface area contributed by atoms with Gasteiger partial charge in [0, 0.05) is 23.8 Å². The number of hydrogen-bond donors (Lipinski definition) is 1. The van der Waals surface area contributed by atoms with Gasteiger partial charge in [-0.05, 0) is 45.1 Å². The number of carbonyl (C=O) groups is 1. The number of hydrogen-bond acceptors (Lipinski definition) is 4. The number of aryl methyl sites for hydroxylation is 1. The van der Waals surface area contributed by atoms with Crippen LogP contribution < -0.4 is 5.32 Å². The van der Waals surface area contributed by atoms with E-state index < -0.39 is 0 Å². The second-order valence-corrected chi connectivity index (χ2v) is 7.25. The summed E-state index contributed by atoms with van der Waals surface area (Å²) in [4.78, 5) is 11.6. The standard InChI is InChI=1S/C21H29N3O2/c1-15-20(13-22-19-11-9-18(10-12-19)21(25)26-3)16(2)24(23-15)14-17-7-5-4-6-8-17/h4-8,18-19,22H,9-14H2,1-3H3. The Balaban J connectivity index is 1.56. The third-order valence-corrected chi connectivity index (χ3v) is 5.54. The SMILES string of the molecule is COC(=O)C1CCC(NCc2c(C)nn(Cc3ccccc3)c2C)CC1. The number of benzene rings is 1. The molecule has 5 heteroatoms. The predicted octanol–water partition coefficient (Wildman–Crippen LogP) is 3.37. The molecule has 0 amide bonds. The second-order valence-electron chi connectivity index (χ2n) is 7.25. The number of ether oxygens (including phenoxy) is 1. The first-order valence-corrected chi connectivity index (χ1v) is 9.46. The van der Waals surface area contributed by atoms with Gasteiger partial charge in [-0.2, -0.15) is 5.10 Å². The van der Waals surface area contributed by atoms with Crippen LogP contribution in [-0.2, 0) is 22.6 Å². The van der Waals surface area contributed by atoms with E-state index in [0.717, 1.165) is 44.5 Å². The number of methoxy groups -OCH3 is 1. The average Bonchev–Trinajstić information content (AvgIpc) is 2.93. The highest BCUT2D eigenvalue weighted by Crippen LogP contribution is 2.26. The molecule has 26 heavy (non-hydrogen) atoms. The van der Waals surface area contributed by atoms with E-state index in [4.69, 9.17) is 9.84 Å². The molecule has 0 aliphatic heterocycles. The van der Waals surface area contributed by atoms with Gasteiger partial charge in [-0.1, -0.05) is 30.3 Å². The quantitative estimate of drug-likeness (QED) is 0.807. The van der Waals surface area contributed by atoms with Crippen molar-refractivity contribution in [3.8, 4) is 0 Å². The van der Waals surface area contributed by atoms with E-state index in [1.54, 1.807) is 0 Å². The first-order chi connectivity index (χ1) is 12.6. The Labute approximate surface area is 155 Å². The zero-order chi connectivity index (χ0) is 18.5. The fourth-order valence-electron chi connectivity index (χ4n) is 3.85. The van der Waals surface area contributed by atoms with Crippen LogP contribution in [-0.4, -0.2) is 28.9 Å². The molecule has 1 aromatic carbocycles. The molecule has 140 valence electrons. The third-order valence-electron chi connectivity index (χ3n) is 5.54. The van der Waals surface area contributed by atoms with Crippen molar-refractivity contribution >= 4 is 5.97 Å². The average molecular weight is 355 g/mol. The molecule has 1 saturated carbocycles. The minimum absolute atomic E-state index is 0.0580.